The standard InChI is InChI=1S/C5H7ClO2/c6-4-2-1-3(4)5(7)8/h3-4H,1-2H2,(H,7,8)/t3-,4-/m1/s1. The molecular formula is C5H7ClO2. The van der Waals surface area contributed by atoms with Crippen LogP contribution >= 0.6 is 11.6 Å². The summed E-state index contributed by atoms with van der Waals surface area (Å²) < 4.78 is 0. The molecule has 2 nitrogen and oxygen atoms in total. The van der Waals surface area contributed by atoms with Crippen molar-refractivity contribution >= 4 is 17.6 Å². The van der Waals surface area contributed by atoms with Crippen LogP contribution in [0, 0.1) is 5.92 Å². The summed E-state index contributed by atoms with van der Waals surface area (Å²) in [4.78, 5) is 10.1. The van der Waals surface area contributed by atoms with E-state index in [9.17, 15) is 4.79 Å². The van der Waals surface area contributed by atoms with Crippen molar-refractivity contribution in [3.63, 3.8) is 0 Å². The molecule has 0 radical (unpaired) electrons. The fourth-order valence-electron chi connectivity index (χ4n) is 0.738. The third-order valence-corrected chi connectivity index (χ3v) is 2.03. The molecule has 0 bridgehead atoms. The van der Waals surface area contributed by atoms with Crippen LogP contribution in [0.2, 0.25) is 0 Å². The number of halogens is 1. The Hall–Kier alpha value is -0.240. The molecule has 46 valence electrons. The maximum absolute atomic E-state index is 10.1. The first-order valence-corrected chi connectivity index (χ1v) is 3.02. The number of carbonyl (C=O) groups is 1. The molecule has 0 spiro atoms. The molecular weight excluding hydrogens is 128 g/mol. The lowest BCUT2D eigenvalue weighted by molar-refractivity contribution is -0.144. The highest BCUT2D eigenvalue weighted by atomic mass is 35.5. The lowest BCUT2D eigenvalue weighted by atomic mass is 9.85. The van der Waals surface area contributed by atoms with Gasteiger partial charge in [-0.1, -0.05) is 0 Å². The highest BCUT2D eigenvalue weighted by molar-refractivity contribution is 6.22. The minimum absolute atomic E-state index is 0.104. The van der Waals surface area contributed by atoms with Crippen LogP contribution < -0.4 is 0 Å². The molecule has 1 aliphatic carbocycles. The van der Waals surface area contributed by atoms with Gasteiger partial charge >= 0.3 is 5.97 Å². The predicted octanol–water partition coefficient (Wildman–Crippen LogP) is 1.09. The SMILES string of the molecule is O=C(O)[C@@H]1CC[C@H]1Cl. The first-order valence-electron chi connectivity index (χ1n) is 2.58. The normalized spacial score (nSPS) is 36.1. The van der Waals surface area contributed by atoms with Crippen LogP contribution in [-0.2, 0) is 4.79 Å². The van der Waals surface area contributed by atoms with E-state index in [0.29, 0.717) is 0 Å². The minimum atomic E-state index is -0.753. The van der Waals surface area contributed by atoms with Crippen molar-refractivity contribution in [3.05, 3.63) is 0 Å². The summed E-state index contributed by atoms with van der Waals surface area (Å²) >= 11 is 5.53. The molecule has 0 saturated heterocycles. The van der Waals surface area contributed by atoms with Crippen molar-refractivity contribution < 1.29 is 9.90 Å². The van der Waals surface area contributed by atoms with E-state index >= 15 is 0 Å². The van der Waals surface area contributed by atoms with Crippen molar-refractivity contribution in [1.82, 2.24) is 0 Å². The minimum Gasteiger partial charge on any atom is -0.481 e. The van der Waals surface area contributed by atoms with Crippen molar-refractivity contribution in [3.8, 4) is 0 Å². The Morgan fingerprint density at radius 1 is 1.62 bits per heavy atom. The van der Waals surface area contributed by atoms with E-state index in [-0.39, 0.29) is 11.3 Å². The molecule has 1 fully saturated rings. The van der Waals surface area contributed by atoms with Gasteiger partial charge in [-0.25, -0.2) is 0 Å². The van der Waals surface area contributed by atoms with Gasteiger partial charge < -0.3 is 5.11 Å². The fourth-order valence-corrected chi connectivity index (χ4v) is 1.10. The van der Waals surface area contributed by atoms with E-state index in [4.69, 9.17) is 16.7 Å². The van der Waals surface area contributed by atoms with Crippen LogP contribution in [0.1, 0.15) is 12.8 Å². The second kappa shape index (κ2) is 1.94. The molecule has 0 aromatic carbocycles. The number of aliphatic carboxylic acids is 1. The molecule has 0 aliphatic heterocycles. The van der Waals surface area contributed by atoms with Crippen molar-refractivity contribution in [2.45, 2.75) is 18.2 Å². The van der Waals surface area contributed by atoms with E-state index < -0.39 is 5.97 Å². The summed E-state index contributed by atoms with van der Waals surface area (Å²) in [7, 11) is 0. The average molecular weight is 135 g/mol. The van der Waals surface area contributed by atoms with Crippen LogP contribution in [0.5, 0.6) is 0 Å². The molecule has 0 aromatic heterocycles. The molecule has 2 atom stereocenters. The molecule has 1 rings (SSSR count). The van der Waals surface area contributed by atoms with Gasteiger partial charge in [-0.05, 0) is 12.8 Å². The first kappa shape index (κ1) is 5.89. The van der Waals surface area contributed by atoms with Crippen LogP contribution in [0.25, 0.3) is 0 Å². The van der Waals surface area contributed by atoms with E-state index in [0.717, 1.165) is 12.8 Å². The maximum atomic E-state index is 10.1. The highest BCUT2D eigenvalue weighted by Gasteiger charge is 2.34. The molecule has 0 amide bonds. The van der Waals surface area contributed by atoms with Crippen LogP contribution in [0.4, 0.5) is 0 Å². The van der Waals surface area contributed by atoms with Crippen LogP contribution in [0.3, 0.4) is 0 Å². The Kier molecular flexibility index (Phi) is 1.43. The van der Waals surface area contributed by atoms with Gasteiger partial charge in [0.2, 0.25) is 0 Å². The zero-order valence-corrected chi connectivity index (χ0v) is 5.06. The summed E-state index contributed by atoms with van der Waals surface area (Å²) in [5, 5.41) is 8.22. The molecule has 3 heteroatoms. The predicted molar refractivity (Wildman–Crippen MR) is 30.0 cm³/mol. The summed E-state index contributed by atoms with van der Waals surface area (Å²) in [5.41, 5.74) is 0. The van der Waals surface area contributed by atoms with Crippen LogP contribution in [0.15, 0.2) is 0 Å². The zero-order valence-electron chi connectivity index (χ0n) is 4.30. The van der Waals surface area contributed by atoms with Gasteiger partial charge in [-0.2, -0.15) is 0 Å². The molecule has 1 N–H and O–H groups in total. The van der Waals surface area contributed by atoms with Gasteiger partial charge in [0, 0.05) is 5.38 Å². The van der Waals surface area contributed by atoms with Gasteiger partial charge in [-0.3, -0.25) is 4.79 Å². The number of hydrogen-bond acceptors (Lipinski definition) is 1. The summed E-state index contributed by atoms with van der Waals surface area (Å²) in [6.45, 7) is 0. The van der Waals surface area contributed by atoms with Crippen molar-refractivity contribution in [1.29, 1.82) is 0 Å². The number of rotatable bonds is 1. The van der Waals surface area contributed by atoms with Gasteiger partial charge in [-0.15, -0.1) is 11.6 Å². The van der Waals surface area contributed by atoms with Gasteiger partial charge in [0.1, 0.15) is 0 Å². The number of carboxylic acids is 1. The molecule has 1 aliphatic rings. The first-order chi connectivity index (χ1) is 3.72. The third kappa shape index (κ3) is 0.802. The van der Waals surface area contributed by atoms with Crippen molar-refractivity contribution in [2.24, 2.45) is 5.92 Å². The summed E-state index contributed by atoms with van der Waals surface area (Å²) in [5.74, 6) is -1.02. The Balaban J connectivity index is 2.37. The summed E-state index contributed by atoms with van der Waals surface area (Å²) in [6, 6.07) is 0. The monoisotopic (exact) mass is 134 g/mol. The topological polar surface area (TPSA) is 37.3 Å². The Morgan fingerprint density at radius 2 is 2.25 bits per heavy atom. The second-order valence-corrected chi connectivity index (χ2v) is 2.60. The second-order valence-electron chi connectivity index (χ2n) is 2.04. The Morgan fingerprint density at radius 3 is 2.25 bits per heavy atom. The fraction of sp³-hybridized carbons (Fsp3) is 0.800. The Bertz CT molecular complexity index is 113. The molecule has 8 heavy (non-hydrogen) atoms. The summed E-state index contributed by atoms with van der Waals surface area (Å²) in [6.07, 6.45) is 1.61. The van der Waals surface area contributed by atoms with Gasteiger partial charge in [0.15, 0.2) is 0 Å². The molecule has 0 aromatic rings. The van der Waals surface area contributed by atoms with Gasteiger partial charge in [0.05, 0.1) is 5.92 Å². The molecule has 0 unspecified atom stereocenters. The molecule has 1 saturated carbocycles. The highest BCUT2D eigenvalue weighted by Crippen LogP contribution is 2.32. The molecule has 0 heterocycles. The number of carboxylic acid groups (broad SMARTS) is 1. The number of hydrogen-bond donors (Lipinski definition) is 1. The van der Waals surface area contributed by atoms with E-state index in [1.54, 1.807) is 0 Å². The lowest BCUT2D eigenvalue weighted by Gasteiger charge is -2.27. The zero-order chi connectivity index (χ0) is 6.15. The third-order valence-electron chi connectivity index (χ3n) is 1.51. The van der Waals surface area contributed by atoms with E-state index in [2.05, 4.69) is 0 Å². The smallest absolute Gasteiger partial charge is 0.307 e. The Labute approximate surface area is 52.5 Å². The quantitative estimate of drug-likeness (QED) is 0.545. The largest absolute Gasteiger partial charge is 0.481 e. The van der Waals surface area contributed by atoms with E-state index in [1.807, 2.05) is 0 Å². The lowest BCUT2D eigenvalue weighted by Crippen LogP contribution is -2.33. The average Bonchev–Trinajstić information content (AvgIpc) is 1.61. The maximum Gasteiger partial charge on any atom is 0.307 e. The number of alkyl halides is 1. The van der Waals surface area contributed by atoms with Crippen LogP contribution in [-0.4, -0.2) is 16.5 Å². The van der Waals surface area contributed by atoms with Crippen molar-refractivity contribution in [2.75, 3.05) is 0 Å². The van der Waals surface area contributed by atoms with E-state index in [1.165, 1.54) is 0 Å². The van der Waals surface area contributed by atoms with Gasteiger partial charge in [0.25, 0.3) is 0 Å².